The lowest BCUT2D eigenvalue weighted by Crippen LogP contribution is -2.36. The van der Waals surface area contributed by atoms with Crippen LogP contribution in [0, 0.1) is 0 Å². The first-order valence-electron chi connectivity index (χ1n) is 10.8. The Hall–Kier alpha value is -3.10. The molecule has 2 saturated heterocycles. The van der Waals surface area contributed by atoms with Crippen LogP contribution in [-0.4, -0.2) is 54.4 Å². The van der Waals surface area contributed by atoms with Crippen LogP contribution < -0.4 is 9.80 Å². The van der Waals surface area contributed by atoms with E-state index in [9.17, 15) is 22.8 Å². The molecule has 2 aliphatic rings. The summed E-state index contributed by atoms with van der Waals surface area (Å²) >= 11 is 0. The van der Waals surface area contributed by atoms with Gasteiger partial charge in [-0.2, -0.15) is 13.2 Å². The quantitative estimate of drug-likeness (QED) is 0.722. The Labute approximate surface area is 184 Å². The summed E-state index contributed by atoms with van der Waals surface area (Å²) in [5.74, 6) is 0.627. The highest BCUT2D eigenvalue weighted by atomic mass is 19.4. The first-order valence-corrected chi connectivity index (χ1v) is 10.8. The Morgan fingerprint density at radius 2 is 1.72 bits per heavy atom. The summed E-state index contributed by atoms with van der Waals surface area (Å²) in [4.78, 5) is 34.1. The molecule has 0 saturated carbocycles. The van der Waals surface area contributed by atoms with Gasteiger partial charge in [-0.3, -0.25) is 9.59 Å². The number of benzene rings is 1. The number of nitrogens with zero attached hydrogens (tertiary/aromatic N) is 4. The minimum atomic E-state index is -4.41. The second-order valence-corrected chi connectivity index (χ2v) is 8.12. The molecule has 9 heteroatoms. The van der Waals surface area contributed by atoms with E-state index < -0.39 is 11.7 Å². The summed E-state index contributed by atoms with van der Waals surface area (Å²) in [5.41, 5.74) is 0.974. The van der Waals surface area contributed by atoms with Crippen molar-refractivity contribution in [3.63, 3.8) is 0 Å². The molecule has 3 heterocycles. The van der Waals surface area contributed by atoms with Gasteiger partial charge in [0.25, 0.3) is 0 Å². The number of carbonyl (C=O) groups is 2. The molecule has 1 aromatic heterocycles. The van der Waals surface area contributed by atoms with Gasteiger partial charge >= 0.3 is 6.18 Å². The van der Waals surface area contributed by atoms with Crippen molar-refractivity contribution in [1.29, 1.82) is 0 Å². The van der Waals surface area contributed by atoms with E-state index in [2.05, 4.69) is 4.98 Å². The Balaban J connectivity index is 1.33. The summed E-state index contributed by atoms with van der Waals surface area (Å²) in [5, 5.41) is 0. The fourth-order valence-corrected chi connectivity index (χ4v) is 4.14. The highest BCUT2D eigenvalue weighted by molar-refractivity contribution is 5.95. The molecule has 2 aliphatic heterocycles. The molecular weight excluding hydrogens is 421 g/mol. The number of alkyl halides is 3. The molecule has 6 nitrogen and oxygen atoms in total. The van der Waals surface area contributed by atoms with Gasteiger partial charge < -0.3 is 14.7 Å². The second kappa shape index (κ2) is 9.18. The van der Waals surface area contributed by atoms with E-state index >= 15 is 0 Å². The van der Waals surface area contributed by atoms with Crippen molar-refractivity contribution in [3.8, 4) is 0 Å². The minimum absolute atomic E-state index is 0.0113. The molecule has 0 radical (unpaired) electrons. The lowest BCUT2D eigenvalue weighted by atomic mass is 10.1. The average molecular weight is 446 g/mol. The van der Waals surface area contributed by atoms with Gasteiger partial charge in [-0.25, -0.2) is 4.98 Å². The van der Waals surface area contributed by atoms with Gasteiger partial charge in [0.15, 0.2) is 0 Å². The molecule has 170 valence electrons. The molecule has 1 aromatic carbocycles. The molecule has 4 rings (SSSR count). The van der Waals surface area contributed by atoms with Gasteiger partial charge in [-0.1, -0.05) is 12.1 Å². The number of hydrogen-bond acceptors (Lipinski definition) is 4. The van der Waals surface area contributed by atoms with E-state index in [-0.39, 0.29) is 18.2 Å². The van der Waals surface area contributed by atoms with E-state index in [0.717, 1.165) is 36.5 Å². The van der Waals surface area contributed by atoms with Crippen molar-refractivity contribution in [1.82, 2.24) is 9.88 Å². The molecule has 32 heavy (non-hydrogen) atoms. The largest absolute Gasteiger partial charge is 0.417 e. The van der Waals surface area contributed by atoms with Gasteiger partial charge in [-0.05, 0) is 42.7 Å². The lowest BCUT2D eigenvalue weighted by molar-refractivity contribution is -0.137. The Bertz CT molecular complexity index is 961. The zero-order valence-corrected chi connectivity index (χ0v) is 17.6. The standard InChI is InChI=1S/C23H25F3N4O2/c24-23(25,26)18-6-9-20(27-16-18)28-10-2-11-29(14-13-28)22(32)15-17-4-7-19(8-5-17)30-12-1-3-21(30)31/h4-9,16H,1-3,10-15H2. The number of amides is 2. The van der Waals surface area contributed by atoms with Crippen LogP contribution in [-0.2, 0) is 22.2 Å². The third-order valence-electron chi connectivity index (χ3n) is 5.92. The maximum atomic E-state index is 12.8. The van der Waals surface area contributed by atoms with Gasteiger partial charge in [-0.15, -0.1) is 0 Å². The molecule has 0 aliphatic carbocycles. The van der Waals surface area contributed by atoms with Crippen molar-refractivity contribution < 1.29 is 22.8 Å². The van der Waals surface area contributed by atoms with Crippen molar-refractivity contribution in [2.75, 3.05) is 42.5 Å². The maximum absolute atomic E-state index is 12.8. The van der Waals surface area contributed by atoms with Gasteiger partial charge in [0.2, 0.25) is 11.8 Å². The fraction of sp³-hybridized carbons (Fsp3) is 0.435. The smallest absolute Gasteiger partial charge is 0.355 e. The third kappa shape index (κ3) is 5.03. The number of pyridine rings is 1. The van der Waals surface area contributed by atoms with E-state index in [0.29, 0.717) is 44.8 Å². The monoisotopic (exact) mass is 446 g/mol. The molecule has 0 atom stereocenters. The topological polar surface area (TPSA) is 56.8 Å². The van der Waals surface area contributed by atoms with Crippen LogP contribution in [0.5, 0.6) is 0 Å². The normalized spacial score (nSPS) is 17.6. The van der Waals surface area contributed by atoms with Crippen LogP contribution >= 0.6 is 0 Å². The number of halogens is 3. The second-order valence-electron chi connectivity index (χ2n) is 8.12. The molecule has 0 spiro atoms. The molecule has 0 N–H and O–H groups in total. The van der Waals surface area contributed by atoms with Crippen LogP contribution in [0.3, 0.4) is 0 Å². The number of rotatable bonds is 4. The van der Waals surface area contributed by atoms with Crippen LogP contribution in [0.15, 0.2) is 42.6 Å². The summed E-state index contributed by atoms with van der Waals surface area (Å²) in [6, 6.07) is 9.95. The summed E-state index contributed by atoms with van der Waals surface area (Å²) in [7, 11) is 0. The van der Waals surface area contributed by atoms with Crippen molar-refractivity contribution in [2.45, 2.75) is 31.9 Å². The number of anilines is 2. The van der Waals surface area contributed by atoms with E-state index in [1.54, 1.807) is 9.80 Å². The average Bonchev–Trinajstić information content (AvgIpc) is 3.05. The zero-order chi connectivity index (χ0) is 22.7. The highest BCUT2D eigenvalue weighted by Crippen LogP contribution is 2.29. The number of carbonyl (C=O) groups excluding carboxylic acids is 2. The van der Waals surface area contributed by atoms with Crippen LogP contribution in [0.25, 0.3) is 0 Å². The first kappa shape index (κ1) is 22.1. The summed E-state index contributed by atoms with van der Waals surface area (Å²) < 4.78 is 38.2. The maximum Gasteiger partial charge on any atom is 0.417 e. The summed E-state index contributed by atoms with van der Waals surface area (Å²) in [6.45, 7) is 2.95. The molecule has 2 amide bonds. The summed E-state index contributed by atoms with van der Waals surface area (Å²) in [6.07, 6.45) is -1.13. The fourth-order valence-electron chi connectivity index (χ4n) is 4.14. The van der Waals surface area contributed by atoms with E-state index in [1.807, 2.05) is 29.2 Å². The van der Waals surface area contributed by atoms with E-state index in [1.165, 1.54) is 6.07 Å². The molecule has 0 unspecified atom stereocenters. The molecule has 2 aromatic rings. The molecule has 0 bridgehead atoms. The number of aromatic nitrogens is 1. The zero-order valence-electron chi connectivity index (χ0n) is 17.6. The van der Waals surface area contributed by atoms with Crippen molar-refractivity contribution in [3.05, 3.63) is 53.7 Å². The first-order chi connectivity index (χ1) is 15.3. The molecule has 2 fully saturated rings. The minimum Gasteiger partial charge on any atom is -0.355 e. The Kier molecular flexibility index (Phi) is 6.34. The Morgan fingerprint density at radius 1 is 0.938 bits per heavy atom. The van der Waals surface area contributed by atoms with E-state index in [4.69, 9.17) is 0 Å². The van der Waals surface area contributed by atoms with Gasteiger partial charge in [0.1, 0.15) is 5.82 Å². The van der Waals surface area contributed by atoms with Crippen molar-refractivity contribution in [2.24, 2.45) is 0 Å². The predicted molar refractivity (Wildman–Crippen MR) is 114 cm³/mol. The highest BCUT2D eigenvalue weighted by Gasteiger charge is 2.31. The van der Waals surface area contributed by atoms with Crippen LogP contribution in [0.1, 0.15) is 30.4 Å². The van der Waals surface area contributed by atoms with Crippen LogP contribution in [0.4, 0.5) is 24.7 Å². The third-order valence-corrected chi connectivity index (χ3v) is 5.92. The van der Waals surface area contributed by atoms with Gasteiger partial charge in [0, 0.05) is 51.0 Å². The lowest BCUT2D eigenvalue weighted by Gasteiger charge is -2.23. The molecular formula is C23H25F3N4O2. The van der Waals surface area contributed by atoms with Crippen molar-refractivity contribution >= 4 is 23.3 Å². The SMILES string of the molecule is O=C(Cc1ccc(N2CCCC2=O)cc1)N1CCCN(c2ccc(C(F)(F)F)cn2)CC1. The Morgan fingerprint density at radius 3 is 2.34 bits per heavy atom. The number of hydrogen-bond donors (Lipinski definition) is 0. The van der Waals surface area contributed by atoms with Gasteiger partial charge in [0.05, 0.1) is 12.0 Å². The van der Waals surface area contributed by atoms with Crippen LogP contribution in [0.2, 0.25) is 0 Å². The predicted octanol–water partition coefficient (Wildman–Crippen LogP) is 3.51.